The molecule has 1 aromatic carbocycles. The van der Waals surface area contributed by atoms with Gasteiger partial charge in [0.1, 0.15) is 11.0 Å². The minimum absolute atomic E-state index is 0.0750. The third-order valence-corrected chi connectivity index (χ3v) is 3.23. The molecule has 21 heavy (non-hydrogen) atoms. The molecule has 0 spiro atoms. The van der Waals surface area contributed by atoms with E-state index in [-0.39, 0.29) is 27.0 Å². The quantitative estimate of drug-likeness (QED) is 0.850. The zero-order chi connectivity index (χ0) is 15.6. The van der Waals surface area contributed by atoms with Gasteiger partial charge in [-0.3, -0.25) is 9.59 Å². The van der Waals surface area contributed by atoms with Crippen LogP contribution in [0.25, 0.3) is 0 Å². The van der Waals surface area contributed by atoms with E-state index in [0.29, 0.717) is 0 Å². The van der Waals surface area contributed by atoms with E-state index in [0.717, 1.165) is 12.1 Å². The molecule has 8 heteroatoms. The van der Waals surface area contributed by atoms with Crippen molar-refractivity contribution in [3.63, 3.8) is 0 Å². The first-order valence-electron chi connectivity index (χ1n) is 5.60. The van der Waals surface area contributed by atoms with Crippen molar-refractivity contribution in [2.75, 3.05) is 5.32 Å². The monoisotopic (exact) mass is 327 g/mol. The molecule has 0 aliphatic heterocycles. The summed E-state index contributed by atoms with van der Waals surface area (Å²) in [6.07, 6.45) is 1.24. The number of nitrogens with two attached hydrogens (primary N) is 1. The number of anilines is 1. The van der Waals surface area contributed by atoms with Crippen molar-refractivity contribution in [2.24, 2.45) is 5.73 Å². The molecule has 2 rings (SSSR count). The summed E-state index contributed by atoms with van der Waals surface area (Å²) < 4.78 is 13.3. The number of hydrogen-bond donors (Lipinski definition) is 2. The van der Waals surface area contributed by atoms with Crippen molar-refractivity contribution in [2.45, 2.75) is 0 Å². The summed E-state index contributed by atoms with van der Waals surface area (Å²) in [5, 5.41) is 2.67. The Bertz CT molecular complexity index is 737. The number of pyridine rings is 1. The van der Waals surface area contributed by atoms with Crippen LogP contribution >= 0.6 is 23.2 Å². The van der Waals surface area contributed by atoms with Crippen LogP contribution in [-0.4, -0.2) is 16.8 Å². The SMILES string of the molecule is NC(=O)c1cc(NC(=O)c2cnc(Cl)c(Cl)c2)ccc1F. The van der Waals surface area contributed by atoms with Crippen LogP contribution in [-0.2, 0) is 0 Å². The van der Waals surface area contributed by atoms with Gasteiger partial charge in [0, 0.05) is 11.9 Å². The smallest absolute Gasteiger partial charge is 0.257 e. The lowest BCUT2D eigenvalue weighted by atomic mass is 10.1. The van der Waals surface area contributed by atoms with Crippen LogP contribution in [0.1, 0.15) is 20.7 Å². The predicted molar refractivity (Wildman–Crippen MR) is 77.1 cm³/mol. The molecule has 0 fully saturated rings. The van der Waals surface area contributed by atoms with E-state index in [9.17, 15) is 14.0 Å². The van der Waals surface area contributed by atoms with Crippen molar-refractivity contribution in [3.8, 4) is 0 Å². The van der Waals surface area contributed by atoms with Crippen molar-refractivity contribution in [3.05, 3.63) is 57.6 Å². The molecule has 0 aliphatic carbocycles. The fraction of sp³-hybridized carbons (Fsp3) is 0. The molecular formula is C13H8Cl2FN3O2. The number of rotatable bonds is 3. The number of carbonyl (C=O) groups excluding carboxylic acids is 2. The number of aromatic nitrogens is 1. The van der Waals surface area contributed by atoms with E-state index < -0.39 is 17.6 Å². The van der Waals surface area contributed by atoms with E-state index in [1.165, 1.54) is 18.3 Å². The third-order valence-electron chi connectivity index (χ3n) is 2.55. The average molecular weight is 328 g/mol. The van der Waals surface area contributed by atoms with Crippen LogP contribution < -0.4 is 11.1 Å². The Labute approximate surface area is 128 Å². The van der Waals surface area contributed by atoms with E-state index >= 15 is 0 Å². The molecule has 2 aromatic rings. The van der Waals surface area contributed by atoms with E-state index in [1.54, 1.807) is 0 Å². The second-order valence-corrected chi connectivity index (χ2v) is 4.77. The molecule has 0 aliphatic rings. The van der Waals surface area contributed by atoms with E-state index in [4.69, 9.17) is 28.9 Å². The number of amides is 2. The van der Waals surface area contributed by atoms with Gasteiger partial charge in [0.05, 0.1) is 16.1 Å². The molecule has 2 amide bonds. The standard InChI is InChI=1S/C13H8Cl2FN3O2/c14-9-3-6(5-18-11(9)15)13(21)19-7-1-2-10(16)8(4-7)12(17)20/h1-5H,(H2,17,20)(H,19,21). The Morgan fingerprint density at radius 3 is 2.57 bits per heavy atom. The molecule has 0 bridgehead atoms. The summed E-state index contributed by atoms with van der Waals surface area (Å²) in [7, 11) is 0. The summed E-state index contributed by atoms with van der Waals surface area (Å²) in [6.45, 7) is 0. The lowest BCUT2D eigenvalue weighted by Crippen LogP contribution is -2.16. The van der Waals surface area contributed by atoms with E-state index in [1.807, 2.05) is 0 Å². The molecule has 3 N–H and O–H groups in total. The lowest BCUT2D eigenvalue weighted by Gasteiger charge is -2.07. The molecule has 1 heterocycles. The Morgan fingerprint density at radius 2 is 1.95 bits per heavy atom. The molecule has 0 atom stereocenters. The van der Waals surface area contributed by atoms with Crippen LogP contribution in [0.4, 0.5) is 10.1 Å². The van der Waals surface area contributed by atoms with Gasteiger partial charge in [-0.25, -0.2) is 9.37 Å². The molecule has 0 unspecified atom stereocenters. The van der Waals surface area contributed by atoms with Crippen molar-refractivity contribution >= 4 is 40.7 Å². The topological polar surface area (TPSA) is 85.1 Å². The zero-order valence-corrected chi connectivity index (χ0v) is 11.9. The van der Waals surface area contributed by atoms with Crippen LogP contribution in [0, 0.1) is 5.82 Å². The van der Waals surface area contributed by atoms with Gasteiger partial charge >= 0.3 is 0 Å². The Balaban J connectivity index is 2.25. The van der Waals surface area contributed by atoms with Gasteiger partial charge in [-0.1, -0.05) is 23.2 Å². The highest BCUT2D eigenvalue weighted by atomic mass is 35.5. The number of carbonyl (C=O) groups is 2. The molecular weight excluding hydrogens is 320 g/mol. The Morgan fingerprint density at radius 1 is 1.24 bits per heavy atom. The van der Waals surface area contributed by atoms with Gasteiger partial charge in [0.15, 0.2) is 0 Å². The lowest BCUT2D eigenvalue weighted by molar-refractivity contribution is 0.0992. The number of primary amides is 1. The maximum atomic E-state index is 13.3. The van der Waals surface area contributed by atoms with E-state index in [2.05, 4.69) is 10.3 Å². The normalized spacial score (nSPS) is 10.2. The second kappa shape index (κ2) is 6.07. The number of halogens is 3. The van der Waals surface area contributed by atoms with Gasteiger partial charge in [-0.05, 0) is 24.3 Å². The highest BCUT2D eigenvalue weighted by Crippen LogP contribution is 2.21. The fourth-order valence-corrected chi connectivity index (χ4v) is 1.81. The van der Waals surface area contributed by atoms with Crippen molar-refractivity contribution < 1.29 is 14.0 Å². The number of nitrogens with one attached hydrogen (secondary N) is 1. The van der Waals surface area contributed by atoms with Crippen LogP contribution in [0.3, 0.4) is 0 Å². The summed E-state index contributed by atoms with van der Waals surface area (Å²) in [6, 6.07) is 4.80. The number of benzene rings is 1. The highest BCUT2D eigenvalue weighted by Gasteiger charge is 2.13. The van der Waals surface area contributed by atoms with Crippen LogP contribution in [0.15, 0.2) is 30.5 Å². The minimum atomic E-state index is -0.931. The third kappa shape index (κ3) is 3.48. The average Bonchev–Trinajstić information content (AvgIpc) is 2.43. The zero-order valence-electron chi connectivity index (χ0n) is 10.4. The first-order valence-corrected chi connectivity index (χ1v) is 6.36. The van der Waals surface area contributed by atoms with Gasteiger partial charge < -0.3 is 11.1 Å². The summed E-state index contributed by atoms with van der Waals surface area (Å²) in [5.74, 6) is -2.24. The van der Waals surface area contributed by atoms with Gasteiger partial charge in [-0.15, -0.1) is 0 Å². The van der Waals surface area contributed by atoms with Crippen molar-refractivity contribution in [1.82, 2.24) is 4.98 Å². The maximum absolute atomic E-state index is 13.3. The first kappa shape index (κ1) is 15.2. The molecule has 5 nitrogen and oxygen atoms in total. The Hall–Kier alpha value is -2.18. The largest absolute Gasteiger partial charge is 0.366 e. The van der Waals surface area contributed by atoms with Gasteiger partial charge in [-0.2, -0.15) is 0 Å². The van der Waals surface area contributed by atoms with Gasteiger partial charge in [0.25, 0.3) is 11.8 Å². The summed E-state index contributed by atoms with van der Waals surface area (Å²) in [4.78, 5) is 26.8. The Kier molecular flexibility index (Phi) is 4.40. The summed E-state index contributed by atoms with van der Waals surface area (Å²) >= 11 is 11.4. The number of hydrogen-bond acceptors (Lipinski definition) is 3. The van der Waals surface area contributed by atoms with Crippen LogP contribution in [0.5, 0.6) is 0 Å². The first-order chi connectivity index (χ1) is 9.88. The minimum Gasteiger partial charge on any atom is -0.366 e. The second-order valence-electron chi connectivity index (χ2n) is 4.01. The van der Waals surface area contributed by atoms with Gasteiger partial charge in [0.2, 0.25) is 0 Å². The molecule has 108 valence electrons. The maximum Gasteiger partial charge on any atom is 0.257 e. The highest BCUT2D eigenvalue weighted by molar-refractivity contribution is 6.41. The molecule has 1 aromatic heterocycles. The molecule has 0 radical (unpaired) electrons. The fourth-order valence-electron chi connectivity index (χ4n) is 1.54. The van der Waals surface area contributed by atoms with Crippen LogP contribution in [0.2, 0.25) is 10.2 Å². The van der Waals surface area contributed by atoms with Crippen molar-refractivity contribution in [1.29, 1.82) is 0 Å². The molecule has 0 saturated heterocycles. The predicted octanol–water partition coefficient (Wildman–Crippen LogP) is 2.88. The number of nitrogens with zero attached hydrogens (tertiary/aromatic N) is 1. The molecule has 0 saturated carbocycles. The summed E-state index contributed by atoms with van der Waals surface area (Å²) in [5.41, 5.74) is 5.08.